The summed E-state index contributed by atoms with van der Waals surface area (Å²) in [6.45, 7) is 0.188. The molecule has 0 aromatic heterocycles. The molecule has 0 fully saturated rings. The van der Waals surface area contributed by atoms with Crippen LogP contribution in [0.15, 0.2) is 48.5 Å². The van der Waals surface area contributed by atoms with Gasteiger partial charge in [-0.3, -0.25) is 0 Å². The average Bonchev–Trinajstić information content (AvgIpc) is 2.65. The Kier molecular flexibility index (Phi) is 6.82. The molecule has 2 aromatic rings. The van der Waals surface area contributed by atoms with Crippen molar-refractivity contribution in [2.75, 3.05) is 7.11 Å². The number of aliphatic hydroxyl groups is 1. The fourth-order valence-corrected chi connectivity index (χ4v) is 2.37. The largest absolute Gasteiger partial charge is 0.497 e. The Hall–Kier alpha value is -2.77. The highest BCUT2D eigenvalue weighted by atomic mass is 35.5. The molecule has 2 aromatic carbocycles. The number of rotatable bonds is 7. The van der Waals surface area contributed by atoms with Crippen molar-refractivity contribution in [2.45, 2.75) is 18.7 Å². The predicted molar refractivity (Wildman–Crippen MR) is 96.2 cm³/mol. The van der Waals surface area contributed by atoms with Gasteiger partial charge in [-0.1, -0.05) is 35.9 Å². The number of carbonyl (C=O) groups excluding carboxylic acids is 1. The first-order chi connectivity index (χ1) is 12.4. The maximum Gasteiger partial charge on any atom is 0.329 e. The van der Waals surface area contributed by atoms with Crippen LogP contribution in [-0.4, -0.2) is 35.4 Å². The summed E-state index contributed by atoms with van der Waals surface area (Å²) >= 11 is 5.79. The van der Waals surface area contributed by atoms with Gasteiger partial charge >= 0.3 is 12.0 Å². The smallest absolute Gasteiger partial charge is 0.329 e. The van der Waals surface area contributed by atoms with Crippen molar-refractivity contribution in [1.29, 1.82) is 0 Å². The molecule has 4 N–H and O–H groups in total. The number of nitrogens with one attached hydrogen (secondary N) is 2. The Morgan fingerprint density at radius 1 is 1.12 bits per heavy atom. The van der Waals surface area contributed by atoms with E-state index >= 15 is 0 Å². The molecule has 2 atom stereocenters. The summed E-state index contributed by atoms with van der Waals surface area (Å²) in [5.41, 5.74) is 1.14. The van der Waals surface area contributed by atoms with E-state index in [0.717, 1.165) is 5.56 Å². The first-order valence-electron chi connectivity index (χ1n) is 7.74. The molecule has 0 aliphatic rings. The summed E-state index contributed by atoms with van der Waals surface area (Å²) in [6, 6.07) is 10.9. The lowest BCUT2D eigenvalue weighted by atomic mass is 10.0. The van der Waals surface area contributed by atoms with Gasteiger partial charge in [-0.05, 0) is 35.4 Å². The zero-order valence-corrected chi connectivity index (χ0v) is 14.7. The van der Waals surface area contributed by atoms with E-state index in [4.69, 9.17) is 16.3 Å². The van der Waals surface area contributed by atoms with Crippen molar-refractivity contribution in [3.05, 3.63) is 64.7 Å². The SMILES string of the molecule is COc1ccc(C(O)C(NC(=O)NCc2ccc(Cl)cc2)C(=O)O)cc1. The normalized spacial score (nSPS) is 12.7. The topological polar surface area (TPSA) is 108 Å². The molecule has 0 spiro atoms. The van der Waals surface area contributed by atoms with Crippen molar-refractivity contribution in [2.24, 2.45) is 0 Å². The predicted octanol–water partition coefficient (Wildman–Crippen LogP) is 2.33. The summed E-state index contributed by atoms with van der Waals surface area (Å²) in [4.78, 5) is 23.4. The fraction of sp³-hybridized carbons (Fsp3) is 0.222. The molecule has 26 heavy (non-hydrogen) atoms. The van der Waals surface area contributed by atoms with Crippen LogP contribution in [0.3, 0.4) is 0 Å². The third-order valence-corrected chi connectivity index (χ3v) is 3.94. The van der Waals surface area contributed by atoms with Gasteiger partial charge in [-0.2, -0.15) is 0 Å². The monoisotopic (exact) mass is 378 g/mol. The molecule has 0 aliphatic heterocycles. The molecule has 2 rings (SSSR count). The number of halogens is 1. The Morgan fingerprint density at radius 3 is 2.27 bits per heavy atom. The van der Waals surface area contributed by atoms with Crippen LogP contribution in [0.1, 0.15) is 17.2 Å². The molecular weight excluding hydrogens is 360 g/mol. The number of methoxy groups -OCH3 is 1. The van der Waals surface area contributed by atoms with Gasteiger partial charge in [0.15, 0.2) is 6.04 Å². The zero-order chi connectivity index (χ0) is 19.1. The van der Waals surface area contributed by atoms with Gasteiger partial charge in [0.25, 0.3) is 0 Å². The minimum Gasteiger partial charge on any atom is -0.497 e. The van der Waals surface area contributed by atoms with E-state index in [1.54, 1.807) is 36.4 Å². The quantitative estimate of drug-likeness (QED) is 0.591. The number of hydrogen-bond acceptors (Lipinski definition) is 4. The van der Waals surface area contributed by atoms with E-state index in [0.29, 0.717) is 16.3 Å². The van der Waals surface area contributed by atoms with Crippen LogP contribution in [0.5, 0.6) is 5.75 Å². The minimum atomic E-state index is -1.51. The molecule has 7 nitrogen and oxygen atoms in total. The summed E-state index contributed by atoms with van der Waals surface area (Å²) in [5, 5.41) is 25.0. The maximum absolute atomic E-state index is 12.0. The molecule has 0 saturated carbocycles. The number of carbonyl (C=O) groups is 2. The van der Waals surface area contributed by atoms with Crippen molar-refractivity contribution in [1.82, 2.24) is 10.6 Å². The molecule has 2 amide bonds. The van der Waals surface area contributed by atoms with Crippen molar-refractivity contribution >= 4 is 23.6 Å². The van der Waals surface area contributed by atoms with Crippen LogP contribution in [-0.2, 0) is 11.3 Å². The number of carboxylic acid groups (broad SMARTS) is 1. The molecular formula is C18H19ClN2O5. The Morgan fingerprint density at radius 2 is 1.73 bits per heavy atom. The van der Waals surface area contributed by atoms with Gasteiger partial charge in [-0.25, -0.2) is 9.59 Å². The van der Waals surface area contributed by atoms with Crippen molar-refractivity contribution < 1.29 is 24.5 Å². The fourth-order valence-electron chi connectivity index (χ4n) is 2.25. The highest BCUT2D eigenvalue weighted by Crippen LogP contribution is 2.20. The zero-order valence-electron chi connectivity index (χ0n) is 14.0. The molecule has 0 aliphatic carbocycles. The van der Waals surface area contributed by atoms with Gasteiger partial charge in [0, 0.05) is 11.6 Å². The average molecular weight is 379 g/mol. The second kappa shape index (κ2) is 9.07. The van der Waals surface area contributed by atoms with Crippen molar-refractivity contribution in [3.63, 3.8) is 0 Å². The Balaban J connectivity index is 1.98. The van der Waals surface area contributed by atoms with Gasteiger partial charge in [-0.15, -0.1) is 0 Å². The van der Waals surface area contributed by atoms with Crippen LogP contribution in [0, 0.1) is 0 Å². The summed E-state index contributed by atoms with van der Waals surface area (Å²) < 4.78 is 5.02. The van der Waals surface area contributed by atoms with E-state index < -0.39 is 24.1 Å². The highest BCUT2D eigenvalue weighted by Gasteiger charge is 2.29. The van der Waals surface area contributed by atoms with Crippen LogP contribution >= 0.6 is 11.6 Å². The number of aliphatic carboxylic acids is 1. The molecule has 8 heteroatoms. The van der Waals surface area contributed by atoms with E-state index in [9.17, 15) is 19.8 Å². The Bertz CT molecular complexity index is 749. The van der Waals surface area contributed by atoms with Gasteiger partial charge in [0.2, 0.25) is 0 Å². The summed E-state index contributed by atoms with van der Waals surface area (Å²) in [6.07, 6.45) is -1.42. The number of urea groups is 1. The lowest BCUT2D eigenvalue weighted by Crippen LogP contribution is -2.48. The Labute approximate surface area is 155 Å². The lowest BCUT2D eigenvalue weighted by molar-refractivity contribution is -0.142. The number of ether oxygens (including phenoxy) is 1. The summed E-state index contributed by atoms with van der Waals surface area (Å²) in [5.74, 6) is -0.781. The molecule has 2 unspecified atom stereocenters. The molecule has 0 bridgehead atoms. The van der Waals surface area contributed by atoms with E-state index in [1.165, 1.54) is 19.2 Å². The van der Waals surface area contributed by atoms with E-state index in [-0.39, 0.29) is 6.54 Å². The summed E-state index contributed by atoms with van der Waals surface area (Å²) in [7, 11) is 1.50. The van der Waals surface area contributed by atoms with Crippen LogP contribution in [0.2, 0.25) is 5.02 Å². The third-order valence-electron chi connectivity index (χ3n) is 3.69. The van der Waals surface area contributed by atoms with Gasteiger partial charge < -0.3 is 25.6 Å². The maximum atomic E-state index is 12.0. The van der Waals surface area contributed by atoms with E-state index in [1.807, 2.05) is 0 Å². The number of aliphatic hydroxyl groups excluding tert-OH is 1. The van der Waals surface area contributed by atoms with E-state index in [2.05, 4.69) is 10.6 Å². The second-order valence-corrected chi connectivity index (χ2v) is 5.92. The molecule has 0 heterocycles. The highest BCUT2D eigenvalue weighted by molar-refractivity contribution is 6.30. The molecule has 138 valence electrons. The lowest BCUT2D eigenvalue weighted by Gasteiger charge is -2.21. The van der Waals surface area contributed by atoms with Crippen LogP contribution in [0.25, 0.3) is 0 Å². The standard InChI is InChI=1S/C18H19ClN2O5/c1-26-14-8-4-12(5-9-14)16(22)15(17(23)24)21-18(25)20-10-11-2-6-13(19)7-3-11/h2-9,15-16,22H,10H2,1H3,(H,23,24)(H2,20,21,25). The van der Waals surface area contributed by atoms with Crippen LogP contribution in [0.4, 0.5) is 4.79 Å². The molecule has 0 radical (unpaired) electrons. The first kappa shape index (κ1) is 19.6. The van der Waals surface area contributed by atoms with Crippen molar-refractivity contribution in [3.8, 4) is 5.75 Å². The number of hydrogen-bond donors (Lipinski definition) is 4. The van der Waals surface area contributed by atoms with Gasteiger partial charge in [0.1, 0.15) is 11.9 Å². The number of benzene rings is 2. The first-order valence-corrected chi connectivity index (χ1v) is 8.12. The molecule has 0 saturated heterocycles. The second-order valence-electron chi connectivity index (χ2n) is 5.49. The van der Waals surface area contributed by atoms with Crippen LogP contribution < -0.4 is 15.4 Å². The minimum absolute atomic E-state index is 0.188. The third kappa shape index (κ3) is 5.37. The number of amides is 2. The number of carboxylic acids is 1. The van der Waals surface area contributed by atoms with Gasteiger partial charge in [0.05, 0.1) is 7.11 Å².